The molecule has 0 saturated carbocycles. The number of hydrogen-bond donors (Lipinski definition) is 1. The Morgan fingerprint density at radius 2 is 2.36 bits per heavy atom. The molecule has 1 heterocycles. The van der Waals surface area contributed by atoms with E-state index >= 15 is 0 Å². The molecule has 2 nitrogen and oxygen atoms in total. The van der Waals surface area contributed by atoms with Crippen LogP contribution < -0.4 is 5.32 Å². The largest absolute Gasteiger partial charge is 0.307 e. The lowest BCUT2D eigenvalue weighted by Crippen LogP contribution is -2.49. The van der Waals surface area contributed by atoms with Crippen molar-refractivity contribution in [3.63, 3.8) is 0 Å². The third-order valence-corrected chi connectivity index (χ3v) is 2.48. The van der Waals surface area contributed by atoms with Crippen molar-refractivity contribution in [2.75, 3.05) is 6.54 Å². The van der Waals surface area contributed by atoms with Crippen molar-refractivity contribution in [1.29, 1.82) is 0 Å². The minimum absolute atomic E-state index is 0.00160. The topological polar surface area (TPSA) is 29.1 Å². The number of benzene rings is 1. The monoisotopic (exact) mass is 193 g/mol. The zero-order valence-corrected chi connectivity index (χ0v) is 7.79. The minimum atomic E-state index is -0.281. The molecule has 1 unspecified atom stereocenters. The fourth-order valence-corrected chi connectivity index (χ4v) is 1.53. The Morgan fingerprint density at radius 1 is 1.57 bits per heavy atom. The lowest BCUT2D eigenvalue weighted by atomic mass is 9.97. The predicted molar refractivity (Wildman–Crippen MR) is 51.5 cm³/mol. The summed E-state index contributed by atoms with van der Waals surface area (Å²) in [5, 5.41) is 3.04. The zero-order valence-electron chi connectivity index (χ0n) is 7.79. The van der Waals surface area contributed by atoms with Crippen LogP contribution in [0.4, 0.5) is 4.39 Å². The summed E-state index contributed by atoms with van der Waals surface area (Å²) in [4.78, 5) is 11.5. The number of halogens is 1. The fourth-order valence-electron chi connectivity index (χ4n) is 1.53. The van der Waals surface area contributed by atoms with Crippen LogP contribution in [0.5, 0.6) is 0 Å². The molecular formula is C11H12FNO. The standard InChI is InChI=1S/C11H12FNO/c12-9-3-1-2-8(6-9)7-11(14)10-4-5-13-10/h1-3,6,10,13H,4-5,7H2. The van der Waals surface area contributed by atoms with Crippen molar-refractivity contribution in [2.24, 2.45) is 0 Å². The van der Waals surface area contributed by atoms with Gasteiger partial charge in [-0.2, -0.15) is 0 Å². The number of carbonyl (C=O) groups is 1. The number of nitrogens with one attached hydrogen (secondary N) is 1. The summed E-state index contributed by atoms with van der Waals surface area (Å²) in [7, 11) is 0. The molecule has 1 atom stereocenters. The molecule has 1 aliphatic heterocycles. The van der Waals surface area contributed by atoms with E-state index in [1.165, 1.54) is 12.1 Å². The van der Waals surface area contributed by atoms with E-state index in [4.69, 9.17) is 0 Å². The van der Waals surface area contributed by atoms with Gasteiger partial charge >= 0.3 is 0 Å². The van der Waals surface area contributed by atoms with Gasteiger partial charge in [0.05, 0.1) is 6.04 Å². The molecule has 1 aliphatic rings. The second kappa shape index (κ2) is 3.88. The highest BCUT2D eigenvalue weighted by Gasteiger charge is 2.23. The van der Waals surface area contributed by atoms with Crippen LogP contribution in [0.25, 0.3) is 0 Å². The molecule has 0 aromatic heterocycles. The molecule has 0 aliphatic carbocycles. The lowest BCUT2D eigenvalue weighted by molar-refractivity contribution is -0.121. The summed E-state index contributed by atoms with van der Waals surface area (Å²) in [5.41, 5.74) is 0.753. The fraction of sp³-hybridized carbons (Fsp3) is 0.364. The first-order valence-corrected chi connectivity index (χ1v) is 4.76. The highest BCUT2D eigenvalue weighted by atomic mass is 19.1. The summed E-state index contributed by atoms with van der Waals surface area (Å²) in [6.45, 7) is 0.916. The zero-order chi connectivity index (χ0) is 9.97. The molecule has 3 heteroatoms. The Morgan fingerprint density at radius 3 is 2.93 bits per heavy atom. The van der Waals surface area contributed by atoms with Crippen molar-refractivity contribution < 1.29 is 9.18 Å². The van der Waals surface area contributed by atoms with Crippen LogP contribution in [0.2, 0.25) is 0 Å². The van der Waals surface area contributed by atoms with Crippen molar-refractivity contribution in [3.8, 4) is 0 Å². The van der Waals surface area contributed by atoms with Crippen LogP contribution in [0, 0.1) is 5.82 Å². The number of Topliss-reactive ketones (excluding diaryl/α,β-unsaturated/α-hetero) is 1. The summed E-state index contributed by atoms with van der Waals surface area (Å²) >= 11 is 0. The second-order valence-corrected chi connectivity index (χ2v) is 3.57. The molecule has 0 radical (unpaired) electrons. The maximum absolute atomic E-state index is 12.8. The average molecular weight is 193 g/mol. The van der Waals surface area contributed by atoms with Crippen LogP contribution in [0.15, 0.2) is 24.3 Å². The minimum Gasteiger partial charge on any atom is -0.307 e. The third kappa shape index (κ3) is 1.99. The van der Waals surface area contributed by atoms with E-state index in [0.29, 0.717) is 6.42 Å². The number of rotatable bonds is 3. The Labute approximate surface area is 82.1 Å². The van der Waals surface area contributed by atoms with Crippen LogP contribution in [-0.4, -0.2) is 18.4 Å². The molecule has 2 rings (SSSR count). The summed E-state index contributed by atoms with van der Waals surface area (Å²) in [6.07, 6.45) is 1.24. The molecule has 74 valence electrons. The lowest BCUT2D eigenvalue weighted by Gasteiger charge is -2.26. The maximum atomic E-state index is 12.8. The van der Waals surface area contributed by atoms with Gasteiger partial charge in [-0.05, 0) is 30.7 Å². The molecule has 1 N–H and O–H groups in total. The number of ketones is 1. The second-order valence-electron chi connectivity index (χ2n) is 3.57. The maximum Gasteiger partial charge on any atom is 0.154 e. The van der Waals surface area contributed by atoms with Gasteiger partial charge in [0.1, 0.15) is 5.82 Å². The van der Waals surface area contributed by atoms with Crippen molar-refractivity contribution in [3.05, 3.63) is 35.6 Å². The highest BCUT2D eigenvalue weighted by molar-refractivity contribution is 5.86. The molecule has 0 amide bonds. The first kappa shape index (κ1) is 9.34. The molecular weight excluding hydrogens is 181 g/mol. The smallest absolute Gasteiger partial charge is 0.154 e. The van der Waals surface area contributed by atoms with Crippen molar-refractivity contribution in [1.82, 2.24) is 5.32 Å². The van der Waals surface area contributed by atoms with Gasteiger partial charge in [0.15, 0.2) is 5.78 Å². The Bertz CT molecular complexity index is 347. The Balaban J connectivity index is 1.99. The number of carbonyl (C=O) groups excluding carboxylic acids is 1. The van der Waals surface area contributed by atoms with Gasteiger partial charge in [-0.25, -0.2) is 4.39 Å². The van der Waals surface area contributed by atoms with E-state index < -0.39 is 0 Å². The van der Waals surface area contributed by atoms with E-state index in [1.807, 2.05) is 0 Å². The van der Waals surface area contributed by atoms with Gasteiger partial charge in [0.25, 0.3) is 0 Å². The van der Waals surface area contributed by atoms with Gasteiger partial charge < -0.3 is 5.32 Å². The average Bonchev–Trinajstić information content (AvgIpc) is 1.99. The molecule has 1 aromatic rings. The van der Waals surface area contributed by atoms with Gasteiger partial charge in [-0.1, -0.05) is 12.1 Å². The first-order valence-electron chi connectivity index (χ1n) is 4.76. The van der Waals surface area contributed by atoms with Crippen LogP contribution in [0.3, 0.4) is 0 Å². The normalized spacial score (nSPS) is 20.2. The van der Waals surface area contributed by atoms with Crippen molar-refractivity contribution >= 4 is 5.78 Å². The molecule has 0 bridgehead atoms. The summed E-state index contributed by atoms with van der Waals surface area (Å²) in [6, 6.07) is 6.20. The van der Waals surface area contributed by atoms with Crippen LogP contribution in [-0.2, 0) is 11.2 Å². The van der Waals surface area contributed by atoms with E-state index in [2.05, 4.69) is 5.32 Å². The molecule has 0 spiro atoms. The summed E-state index contributed by atoms with van der Waals surface area (Å²) in [5.74, 6) is -0.126. The van der Waals surface area contributed by atoms with E-state index in [0.717, 1.165) is 18.5 Å². The van der Waals surface area contributed by atoms with Gasteiger partial charge in [0.2, 0.25) is 0 Å². The number of hydrogen-bond acceptors (Lipinski definition) is 2. The SMILES string of the molecule is O=C(Cc1cccc(F)c1)C1CCN1. The Kier molecular flexibility index (Phi) is 2.59. The molecule has 14 heavy (non-hydrogen) atoms. The van der Waals surface area contributed by atoms with E-state index in [9.17, 15) is 9.18 Å². The Hall–Kier alpha value is -1.22. The molecule has 1 saturated heterocycles. The summed E-state index contributed by atoms with van der Waals surface area (Å²) < 4.78 is 12.8. The molecule has 1 aromatic carbocycles. The van der Waals surface area contributed by atoms with Crippen molar-refractivity contribution in [2.45, 2.75) is 18.9 Å². The van der Waals surface area contributed by atoms with E-state index in [-0.39, 0.29) is 17.6 Å². The first-order chi connectivity index (χ1) is 6.75. The van der Waals surface area contributed by atoms with Crippen LogP contribution >= 0.6 is 0 Å². The molecule has 1 fully saturated rings. The third-order valence-electron chi connectivity index (χ3n) is 2.48. The van der Waals surface area contributed by atoms with Gasteiger partial charge in [0, 0.05) is 6.42 Å². The van der Waals surface area contributed by atoms with Gasteiger partial charge in [-0.3, -0.25) is 4.79 Å². The van der Waals surface area contributed by atoms with Crippen LogP contribution in [0.1, 0.15) is 12.0 Å². The van der Waals surface area contributed by atoms with E-state index in [1.54, 1.807) is 12.1 Å². The van der Waals surface area contributed by atoms with Gasteiger partial charge in [-0.15, -0.1) is 0 Å². The quantitative estimate of drug-likeness (QED) is 0.784. The predicted octanol–water partition coefficient (Wildman–Crippen LogP) is 1.30. The highest BCUT2D eigenvalue weighted by Crippen LogP contribution is 2.09.